The zero-order valence-electron chi connectivity index (χ0n) is 15.6. The van der Waals surface area contributed by atoms with Crippen molar-refractivity contribution >= 4 is 34.9 Å². The molecule has 1 N–H and O–H groups in total. The number of hydrogen-bond acceptors (Lipinski definition) is 5. The molecule has 0 saturated heterocycles. The number of benzene rings is 1. The van der Waals surface area contributed by atoms with Crippen molar-refractivity contribution in [3.05, 3.63) is 51.7 Å². The lowest BCUT2D eigenvalue weighted by Crippen LogP contribution is -2.50. The lowest BCUT2D eigenvalue weighted by Gasteiger charge is -2.31. The Hall–Kier alpha value is -1.99. The van der Waals surface area contributed by atoms with Crippen LogP contribution in [0.25, 0.3) is 0 Å². The molecule has 2 aromatic rings. The van der Waals surface area contributed by atoms with Crippen molar-refractivity contribution in [2.45, 2.75) is 25.4 Å². The van der Waals surface area contributed by atoms with E-state index in [4.69, 9.17) is 4.74 Å². The Kier molecular flexibility index (Phi) is 6.79. The van der Waals surface area contributed by atoms with E-state index in [1.54, 1.807) is 41.3 Å². The number of hydrogen-bond donors (Lipinski definition) is 1. The van der Waals surface area contributed by atoms with Crippen LogP contribution in [0.2, 0.25) is 0 Å². The summed E-state index contributed by atoms with van der Waals surface area (Å²) in [6.45, 7) is 1.32. The minimum absolute atomic E-state index is 0.0100. The van der Waals surface area contributed by atoms with E-state index in [2.05, 4.69) is 16.8 Å². The van der Waals surface area contributed by atoms with Gasteiger partial charge in [-0.2, -0.15) is 11.8 Å². The third kappa shape index (κ3) is 4.65. The summed E-state index contributed by atoms with van der Waals surface area (Å²) in [5, 5.41) is 5.01. The molecule has 1 atom stereocenters. The Balaban J connectivity index is 1.73. The van der Waals surface area contributed by atoms with E-state index in [-0.39, 0.29) is 11.8 Å². The summed E-state index contributed by atoms with van der Waals surface area (Å²) in [7, 11) is 1.54. The fourth-order valence-corrected chi connectivity index (χ4v) is 4.58. The van der Waals surface area contributed by atoms with Gasteiger partial charge in [0, 0.05) is 18.0 Å². The van der Waals surface area contributed by atoms with Crippen LogP contribution in [-0.4, -0.2) is 48.4 Å². The minimum atomic E-state index is -0.532. The van der Waals surface area contributed by atoms with Crippen LogP contribution in [-0.2, 0) is 17.8 Å². The van der Waals surface area contributed by atoms with Crippen molar-refractivity contribution < 1.29 is 14.3 Å². The highest BCUT2D eigenvalue weighted by Crippen LogP contribution is 2.25. The Morgan fingerprint density at radius 3 is 2.93 bits per heavy atom. The van der Waals surface area contributed by atoms with Crippen molar-refractivity contribution in [2.75, 3.05) is 25.7 Å². The van der Waals surface area contributed by atoms with Gasteiger partial charge in [0.05, 0.1) is 12.7 Å². The number of methoxy groups -OCH3 is 1. The molecule has 1 aromatic heterocycles. The van der Waals surface area contributed by atoms with Crippen LogP contribution in [0.15, 0.2) is 35.7 Å². The van der Waals surface area contributed by atoms with Gasteiger partial charge in [-0.25, -0.2) is 0 Å². The maximum atomic E-state index is 13.1. The van der Waals surface area contributed by atoms with Gasteiger partial charge in [0.1, 0.15) is 11.8 Å². The number of nitrogens with zero attached hydrogens (tertiary/aromatic N) is 1. The normalized spacial score (nSPS) is 14.4. The molecule has 1 aromatic carbocycles. The van der Waals surface area contributed by atoms with Crippen LogP contribution in [0, 0.1) is 0 Å². The lowest BCUT2D eigenvalue weighted by molar-refractivity contribution is -0.134. The molecule has 1 aliphatic heterocycles. The fraction of sp³-hybridized carbons (Fsp3) is 0.400. The number of fused-ring (bicyclic) bond motifs is 1. The maximum Gasteiger partial charge on any atom is 0.255 e. The molecule has 27 heavy (non-hydrogen) atoms. The summed E-state index contributed by atoms with van der Waals surface area (Å²) in [6, 6.07) is 8.62. The summed E-state index contributed by atoms with van der Waals surface area (Å²) >= 11 is 3.42. The standard InChI is InChI=1S/C20H24N2O3S2/c1-25-17-6-4-3-5-15(17)19(23)21-16(9-11-26-2)20(24)22-10-7-18-14(13-22)8-12-27-18/h3-6,8,12,16H,7,9-11,13H2,1-2H3,(H,21,23). The second kappa shape index (κ2) is 9.28. The first-order chi connectivity index (χ1) is 13.1. The average molecular weight is 405 g/mol. The maximum absolute atomic E-state index is 13.1. The van der Waals surface area contributed by atoms with Crippen molar-refractivity contribution in [1.29, 1.82) is 0 Å². The van der Waals surface area contributed by atoms with Gasteiger partial charge in [0.15, 0.2) is 0 Å². The van der Waals surface area contributed by atoms with Gasteiger partial charge < -0.3 is 15.0 Å². The first-order valence-corrected chi connectivity index (χ1v) is 11.2. The number of thiophene rings is 1. The number of thioether (sulfide) groups is 1. The number of carbonyl (C=O) groups is 2. The van der Waals surface area contributed by atoms with E-state index in [1.807, 2.05) is 17.2 Å². The zero-order chi connectivity index (χ0) is 19.2. The fourth-order valence-electron chi connectivity index (χ4n) is 3.22. The zero-order valence-corrected chi connectivity index (χ0v) is 17.2. The third-order valence-corrected chi connectivity index (χ3v) is 6.35. The second-order valence-corrected chi connectivity index (χ2v) is 8.37. The van der Waals surface area contributed by atoms with E-state index in [9.17, 15) is 9.59 Å². The van der Waals surface area contributed by atoms with Crippen LogP contribution in [0.3, 0.4) is 0 Å². The van der Waals surface area contributed by atoms with Gasteiger partial charge >= 0.3 is 0 Å². The van der Waals surface area contributed by atoms with E-state index >= 15 is 0 Å². The SMILES string of the molecule is COc1ccccc1C(=O)NC(CCSC)C(=O)N1CCc2sccc2C1. The van der Waals surface area contributed by atoms with Crippen LogP contribution >= 0.6 is 23.1 Å². The number of carbonyl (C=O) groups excluding carboxylic acids is 2. The van der Waals surface area contributed by atoms with Crippen molar-refractivity contribution in [1.82, 2.24) is 10.2 Å². The van der Waals surface area contributed by atoms with Crippen molar-refractivity contribution in [3.63, 3.8) is 0 Å². The number of ether oxygens (including phenoxy) is 1. The molecular formula is C20H24N2O3S2. The second-order valence-electron chi connectivity index (χ2n) is 6.39. The number of nitrogens with one attached hydrogen (secondary N) is 1. The molecule has 5 nitrogen and oxygen atoms in total. The molecule has 2 heterocycles. The van der Waals surface area contributed by atoms with Crippen LogP contribution < -0.4 is 10.1 Å². The van der Waals surface area contributed by atoms with Crippen LogP contribution in [0.5, 0.6) is 5.75 Å². The van der Waals surface area contributed by atoms with Crippen molar-refractivity contribution in [3.8, 4) is 5.75 Å². The Morgan fingerprint density at radius 2 is 2.15 bits per heavy atom. The summed E-state index contributed by atoms with van der Waals surface area (Å²) < 4.78 is 5.28. The summed E-state index contributed by atoms with van der Waals surface area (Å²) in [5.74, 6) is 1.02. The highest BCUT2D eigenvalue weighted by Gasteiger charge is 2.29. The van der Waals surface area contributed by atoms with E-state index in [0.29, 0.717) is 30.8 Å². The predicted octanol–water partition coefficient (Wildman–Crippen LogP) is 3.19. The Bertz CT molecular complexity index is 806. The average Bonchev–Trinajstić information content (AvgIpc) is 3.18. The van der Waals surface area contributed by atoms with Gasteiger partial charge in [-0.15, -0.1) is 11.3 Å². The molecule has 3 rings (SSSR count). The highest BCUT2D eigenvalue weighted by atomic mass is 32.2. The third-order valence-electron chi connectivity index (χ3n) is 4.69. The molecule has 144 valence electrons. The molecule has 1 unspecified atom stereocenters. The molecule has 0 fully saturated rings. The van der Waals surface area contributed by atoms with Gasteiger partial charge in [-0.1, -0.05) is 12.1 Å². The number of rotatable bonds is 7. The van der Waals surface area contributed by atoms with Crippen LogP contribution in [0.1, 0.15) is 27.2 Å². The van der Waals surface area contributed by atoms with Gasteiger partial charge in [-0.3, -0.25) is 9.59 Å². The van der Waals surface area contributed by atoms with Gasteiger partial charge in [-0.05, 0) is 54.0 Å². The molecule has 0 radical (unpaired) electrons. The van der Waals surface area contributed by atoms with E-state index in [0.717, 1.165) is 12.2 Å². The quantitative estimate of drug-likeness (QED) is 0.770. The van der Waals surface area contributed by atoms with Crippen molar-refractivity contribution in [2.24, 2.45) is 0 Å². The number of para-hydroxylation sites is 1. The van der Waals surface area contributed by atoms with E-state index in [1.165, 1.54) is 17.6 Å². The largest absolute Gasteiger partial charge is 0.496 e. The first-order valence-electron chi connectivity index (χ1n) is 8.91. The molecule has 7 heteroatoms. The molecule has 0 saturated carbocycles. The van der Waals surface area contributed by atoms with Gasteiger partial charge in [0.25, 0.3) is 5.91 Å². The van der Waals surface area contributed by atoms with E-state index < -0.39 is 6.04 Å². The minimum Gasteiger partial charge on any atom is -0.496 e. The molecule has 2 amide bonds. The smallest absolute Gasteiger partial charge is 0.255 e. The Morgan fingerprint density at radius 1 is 1.33 bits per heavy atom. The summed E-state index contributed by atoms with van der Waals surface area (Å²) in [5.41, 5.74) is 1.67. The molecule has 1 aliphatic rings. The summed E-state index contributed by atoms with van der Waals surface area (Å²) in [6.07, 6.45) is 3.49. The number of amides is 2. The first kappa shape index (κ1) is 19.8. The predicted molar refractivity (Wildman–Crippen MR) is 111 cm³/mol. The lowest BCUT2D eigenvalue weighted by atomic mass is 10.1. The highest BCUT2D eigenvalue weighted by molar-refractivity contribution is 7.98. The Labute approximate surface area is 168 Å². The monoisotopic (exact) mass is 404 g/mol. The summed E-state index contributed by atoms with van der Waals surface area (Å²) in [4.78, 5) is 29.1. The molecule has 0 spiro atoms. The van der Waals surface area contributed by atoms with Gasteiger partial charge in [0.2, 0.25) is 5.91 Å². The molecule has 0 aliphatic carbocycles. The molecular weight excluding hydrogens is 380 g/mol. The topological polar surface area (TPSA) is 58.6 Å². The molecule has 0 bridgehead atoms. The van der Waals surface area contributed by atoms with Crippen LogP contribution in [0.4, 0.5) is 0 Å².